The van der Waals surface area contributed by atoms with Crippen LogP contribution in [0.4, 0.5) is 5.69 Å². The first kappa shape index (κ1) is 28.7. The largest absolute Gasteiger partial charge is 0.350 e. The monoisotopic (exact) mass is 521 g/mol. The van der Waals surface area contributed by atoms with Gasteiger partial charge >= 0.3 is 0 Å². The standard InChI is InChI=1S/C26H36ClN3O4S/c1-8-22(25(32)28-26(4,5)6)29(16-20-11-9-18(2)10-12-20)24(31)17-30(35(7,33)34)23-14-13-21(27)15-19(23)3/h9-15,22H,8,16-17H2,1-7H3,(H,28,32). The number of benzene rings is 2. The van der Waals surface area contributed by atoms with Gasteiger partial charge in [-0.15, -0.1) is 0 Å². The summed E-state index contributed by atoms with van der Waals surface area (Å²) < 4.78 is 26.5. The maximum absolute atomic E-state index is 13.7. The van der Waals surface area contributed by atoms with Crippen LogP contribution in [0.2, 0.25) is 5.02 Å². The van der Waals surface area contributed by atoms with Crippen molar-refractivity contribution in [3.8, 4) is 0 Å². The lowest BCUT2D eigenvalue weighted by Crippen LogP contribution is -2.55. The third-order valence-corrected chi connectivity index (χ3v) is 6.83. The van der Waals surface area contributed by atoms with Crippen LogP contribution in [0.25, 0.3) is 0 Å². The van der Waals surface area contributed by atoms with Gasteiger partial charge in [0.05, 0.1) is 11.9 Å². The predicted molar refractivity (Wildman–Crippen MR) is 142 cm³/mol. The smallest absolute Gasteiger partial charge is 0.244 e. The first-order valence-corrected chi connectivity index (χ1v) is 13.8. The lowest BCUT2D eigenvalue weighted by Gasteiger charge is -2.34. The van der Waals surface area contributed by atoms with Gasteiger partial charge in [-0.1, -0.05) is 48.4 Å². The number of rotatable bonds is 9. The van der Waals surface area contributed by atoms with E-state index < -0.39 is 34.1 Å². The Kier molecular flexibility index (Phi) is 9.36. The number of carbonyl (C=O) groups excluding carboxylic acids is 2. The fourth-order valence-electron chi connectivity index (χ4n) is 3.76. The van der Waals surface area contributed by atoms with Crippen molar-refractivity contribution in [3.05, 3.63) is 64.2 Å². The van der Waals surface area contributed by atoms with Crippen molar-refractivity contribution < 1.29 is 18.0 Å². The van der Waals surface area contributed by atoms with Crippen molar-refractivity contribution in [1.82, 2.24) is 10.2 Å². The van der Waals surface area contributed by atoms with E-state index in [2.05, 4.69) is 5.32 Å². The Morgan fingerprint density at radius 2 is 1.66 bits per heavy atom. The minimum atomic E-state index is -3.80. The van der Waals surface area contributed by atoms with Crippen LogP contribution in [-0.2, 0) is 26.2 Å². The van der Waals surface area contributed by atoms with Crippen LogP contribution in [0.3, 0.4) is 0 Å². The summed E-state index contributed by atoms with van der Waals surface area (Å²) in [6.07, 6.45) is 1.43. The van der Waals surface area contributed by atoms with Crippen LogP contribution in [-0.4, -0.2) is 49.5 Å². The van der Waals surface area contributed by atoms with Gasteiger partial charge in [-0.3, -0.25) is 13.9 Å². The Balaban J connectivity index is 2.48. The highest BCUT2D eigenvalue weighted by Gasteiger charge is 2.33. The Morgan fingerprint density at radius 3 is 2.14 bits per heavy atom. The van der Waals surface area contributed by atoms with Gasteiger partial charge in [-0.25, -0.2) is 8.42 Å². The summed E-state index contributed by atoms with van der Waals surface area (Å²) in [5, 5.41) is 3.42. The van der Waals surface area contributed by atoms with Gasteiger partial charge in [0.15, 0.2) is 0 Å². The van der Waals surface area contributed by atoms with Crippen LogP contribution in [0, 0.1) is 13.8 Å². The minimum absolute atomic E-state index is 0.173. The summed E-state index contributed by atoms with van der Waals surface area (Å²) in [5.74, 6) is -0.754. The van der Waals surface area contributed by atoms with Crippen molar-refractivity contribution in [2.75, 3.05) is 17.1 Å². The van der Waals surface area contributed by atoms with Crippen molar-refractivity contribution >= 4 is 39.1 Å². The van der Waals surface area contributed by atoms with E-state index in [1.54, 1.807) is 25.1 Å². The minimum Gasteiger partial charge on any atom is -0.350 e. The van der Waals surface area contributed by atoms with Crippen LogP contribution in [0.15, 0.2) is 42.5 Å². The van der Waals surface area contributed by atoms with Crippen molar-refractivity contribution in [3.63, 3.8) is 0 Å². The van der Waals surface area contributed by atoms with Crippen LogP contribution in [0.5, 0.6) is 0 Å². The van der Waals surface area contributed by atoms with E-state index in [4.69, 9.17) is 11.6 Å². The average Bonchev–Trinajstić information content (AvgIpc) is 2.71. The summed E-state index contributed by atoms with van der Waals surface area (Å²) in [5.41, 5.74) is 2.43. The Labute approximate surface area is 214 Å². The number of carbonyl (C=O) groups is 2. The molecular weight excluding hydrogens is 486 g/mol. The maximum Gasteiger partial charge on any atom is 0.244 e. The molecule has 0 spiro atoms. The summed E-state index contributed by atoms with van der Waals surface area (Å²) >= 11 is 6.05. The highest BCUT2D eigenvalue weighted by atomic mass is 35.5. The molecule has 2 aromatic rings. The van der Waals surface area contributed by atoms with E-state index in [1.165, 1.54) is 4.90 Å². The number of aryl methyl sites for hydroxylation is 2. The molecule has 0 aliphatic rings. The molecule has 2 aromatic carbocycles. The molecule has 1 unspecified atom stereocenters. The normalized spacial score (nSPS) is 12.7. The molecule has 0 bridgehead atoms. The average molecular weight is 522 g/mol. The van der Waals surface area contributed by atoms with E-state index in [0.29, 0.717) is 22.7 Å². The summed E-state index contributed by atoms with van der Waals surface area (Å²) in [7, 11) is -3.80. The molecule has 0 saturated heterocycles. The van der Waals surface area contributed by atoms with Gasteiger partial charge in [-0.2, -0.15) is 0 Å². The van der Waals surface area contributed by atoms with Gasteiger partial charge in [-0.05, 0) is 70.4 Å². The molecule has 0 saturated carbocycles. The molecule has 0 aliphatic carbocycles. The van der Waals surface area contributed by atoms with Gasteiger partial charge in [0.2, 0.25) is 21.8 Å². The van der Waals surface area contributed by atoms with Crippen LogP contribution >= 0.6 is 11.6 Å². The zero-order chi connectivity index (χ0) is 26.6. The molecule has 1 atom stereocenters. The van der Waals surface area contributed by atoms with E-state index in [-0.39, 0.29) is 12.5 Å². The van der Waals surface area contributed by atoms with Crippen LogP contribution < -0.4 is 9.62 Å². The molecule has 0 radical (unpaired) electrons. The summed E-state index contributed by atoms with van der Waals surface area (Å²) in [6, 6.07) is 11.7. The molecule has 9 heteroatoms. The van der Waals surface area contributed by atoms with Crippen molar-refractivity contribution in [2.24, 2.45) is 0 Å². The van der Waals surface area contributed by atoms with Gasteiger partial charge in [0.1, 0.15) is 12.6 Å². The highest BCUT2D eigenvalue weighted by Crippen LogP contribution is 2.26. The topological polar surface area (TPSA) is 86.8 Å². The van der Waals surface area contributed by atoms with E-state index in [9.17, 15) is 18.0 Å². The Bertz CT molecular complexity index is 1160. The first-order valence-electron chi connectivity index (χ1n) is 11.5. The number of nitrogens with one attached hydrogen (secondary N) is 1. The first-order chi connectivity index (χ1) is 16.1. The highest BCUT2D eigenvalue weighted by molar-refractivity contribution is 7.92. The second-order valence-electron chi connectivity index (χ2n) is 9.87. The quantitative estimate of drug-likeness (QED) is 0.528. The van der Waals surface area contributed by atoms with E-state index in [1.807, 2.05) is 58.9 Å². The zero-order valence-corrected chi connectivity index (χ0v) is 23.1. The molecule has 0 fully saturated rings. The second-order valence-corrected chi connectivity index (χ2v) is 12.2. The van der Waals surface area contributed by atoms with E-state index >= 15 is 0 Å². The number of halogens is 1. The molecule has 35 heavy (non-hydrogen) atoms. The lowest BCUT2D eigenvalue weighted by molar-refractivity contribution is -0.141. The third-order valence-electron chi connectivity index (χ3n) is 5.46. The van der Waals surface area contributed by atoms with Crippen molar-refractivity contribution in [1.29, 1.82) is 0 Å². The molecule has 7 nitrogen and oxygen atoms in total. The molecule has 0 heterocycles. The summed E-state index contributed by atoms with van der Waals surface area (Å²) in [6.45, 7) is 10.9. The number of nitrogens with zero attached hydrogens (tertiary/aromatic N) is 2. The van der Waals surface area contributed by atoms with Crippen molar-refractivity contribution in [2.45, 2.75) is 66.1 Å². The molecule has 2 rings (SSSR count). The molecule has 0 aliphatic heterocycles. The third kappa shape index (κ3) is 8.25. The molecule has 1 N–H and O–H groups in total. The Morgan fingerprint density at radius 1 is 1.06 bits per heavy atom. The molecular formula is C26H36ClN3O4S. The number of anilines is 1. The molecule has 192 valence electrons. The Hall–Kier alpha value is -2.58. The zero-order valence-electron chi connectivity index (χ0n) is 21.6. The summed E-state index contributed by atoms with van der Waals surface area (Å²) in [4.78, 5) is 28.3. The number of hydrogen-bond acceptors (Lipinski definition) is 4. The van der Waals surface area contributed by atoms with Gasteiger partial charge in [0.25, 0.3) is 0 Å². The van der Waals surface area contributed by atoms with Crippen LogP contribution in [0.1, 0.15) is 50.8 Å². The maximum atomic E-state index is 13.7. The predicted octanol–water partition coefficient (Wildman–Crippen LogP) is 4.44. The fraction of sp³-hybridized carbons (Fsp3) is 0.462. The number of sulfonamides is 1. The number of amides is 2. The lowest BCUT2D eigenvalue weighted by atomic mass is 10.1. The second kappa shape index (κ2) is 11.4. The van der Waals surface area contributed by atoms with Gasteiger partial charge in [0, 0.05) is 17.1 Å². The van der Waals surface area contributed by atoms with E-state index in [0.717, 1.165) is 21.7 Å². The fourth-order valence-corrected chi connectivity index (χ4v) is 4.89. The SMILES string of the molecule is CCC(C(=O)NC(C)(C)C)N(Cc1ccc(C)cc1)C(=O)CN(c1ccc(Cl)cc1C)S(C)(=O)=O. The van der Waals surface area contributed by atoms with Gasteiger partial charge < -0.3 is 10.2 Å². The number of hydrogen-bond donors (Lipinski definition) is 1. The molecule has 2 amide bonds. The molecule has 0 aromatic heterocycles.